The standard InChI is InChI=1S/C10H9Br2N3/c1-15-8(9(12)14-10(15)13)6-3-2-4-7(11)5-6/h2-5H,1H3,(H2,13,14). The molecule has 0 bridgehead atoms. The first-order valence-corrected chi connectivity index (χ1v) is 5.92. The molecule has 0 atom stereocenters. The molecule has 5 heteroatoms. The lowest BCUT2D eigenvalue weighted by molar-refractivity contribution is 0.938. The van der Waals surface area contributed by atoms with Crippen LogP contribution in [0.4, 0.5) is 5.95 Å². The summed E-state index contributed by atoms with van der Waals surface area (Å²) in [7, 11) is 1.89. The molecule has 0 fully saturated rings. The molecule has 0 saturated heterocycles. The molecular weight excluding hydrogens is 322 g/mol. The summed E-state index contributed by atoms with van der Waals surface area (Å²) >= 11 is 6.84. The van der Waals surface area contributed by atoms with Crippen LogP contribution in [0.1, 0.15) is 0 Å². The number of hydrogen-bond acceptors (Lipinski definition) is 2. The van der Waals surface area contributed by atoms with E-state index in [2.05, 4.69) is 36.8 Å². The fraction of sp³-hybridized carbons (Fsp3) is 0.100. The smallest absolute Gasteiger partial charge is 0.201 e. The molecule has 0 aliphatic heterocycles. The van der Waals surface area contributed by atoms with Crippen molar-refractivity contribution in [2.75, 3.05) is 5.73 Å². The van der Waals surface area contributed by atoms with Gasteiger partial charge in [0.1, 0.15) is 4.60 Å². The molecule has 1 aromatic heterocycles. The molecule has 0 amide bonds. The summed E-state index contributed by atoms with van der Waals surface area (Å²) in [6, 6.07) is 8.01. The first-order chi connectivity index (χ1) is 7.09. The van der Waals surface area contributed by atoms with Crippen molar-refractivity contribution < 1.29 is 0 Å². The number of benzene rings is 1. The van der Waals surface area contributed by atoms with E-state index < -0.39 is 0 Å². The van der Waals surface area contributed by atoms with Gasteiger partial charge in [-0.15, -0.1) is 0 Å². The minimum Gasteiger partial charge on any atom is -0.369 e. The van der Waals surface area contributed by atoms with Gasteiger partial charge in [0, 0.05) is 17.1 Å². The number of aromatic nitrogens is 2. The molecule has 1 heterocycles. The summed E-state index contributed by atoms with van der Waals surface area (Å²) in [4.78, 5) is 4.16. The molecule has 2 aromatic rings. The van der Waals surface area contributed by atoms with Crippen molar-refractivity contribution in [3.8, 4) is 11.3 Å². The summed E-state index contributed by atoms with van der Waals surface area (Å²) in [5.41, 5.74) is 7.78. The lowest BCUT2D eigenvalue weighted by atomic mass is 10.2. The van der Waals surface area contributed by atoms with Gasteiger partial charge in [0.05, 0.1) is 5.69 Å². The predicted molar refractivity (Wildman–Crippen MR) is 68.5 cm³/mol. The molecule has 78 valence electrons. The molecular formula is C10H9Br2N3. The van der Waals surface area contributed by atoms with Gasteiger partial charge >= 0.3 is 0 Å². The minimum absolute atomic E-state index is 0.497. The van der Waals surface area contributed by atoms with Gasteiger partial charge < -0.3 is 10.3 Å². The van der Waals surface area contributed by atoms with E-state index in [-0.39, 0.29) is 0 Å². The predicted octanol–water partition coefficient (Wildman–Crippen LogP) is 3.19. The molecule has 3 nitrogen and oxygen atoms in total. The second-order valence-electron chi connectivity index (χ2n) is 3.18. The van der Waals surface area contributed by atoms with E-state index in [0.717, 1.165) is 20.3 Å². The molecule has 2 N–H and O–H groups in total. The Labute approximate surface area is 105 Å². The Balaban J connectivity index is 2.63. The number of nitrogens with two attached hydrogens (primary N) is 1. The van der Waals surface area contributed by atoms with Gasteiger partial charge in [-0.1, -0.05) is 28.1 Å². The Morgan fingerprint density at radius 2 is 2.07 bits per heavy atom. The summed E-state index contributed by atoms with van der Waals surface area (Å²) in [6.07, 6.45) is 0. The molecule has 2 rings (SSSR count). The van der Waals surface area contributed by atoms with E-state index in [1.807, 2.05) is 35.9 Å². The van der Waals surface area contributed by atoms with Crippen LogP contribution in [0.5, 0.6) is 0 Å². The van der Waals surface area contributed by atoms with Gasteiger partial charge in [-0.3, -0.25) is 0 Å². The Hall–Kier alpha value is -0.810. The van der Waals surface area contributed by atoms with Crippen molar-refractivity contribution in [3.63, 3.8) is 0 Å². The van der Waals surface area contributed by atoms with Gasteiger partial charge in [0.15, 0.2) is 0 Å². The monoisotopic (exact) mass is 329 g/mol. The maximum Gasteiger partial charge on any atom is 0.201 e. The van der Waals surface area contributed by atoms with Crippen LogP contribution in [0.15, 0.2) is 33.3 Å². The Kier molecular flexibility index (Phi) is 2.84. The molecule has 0 saturated carbocycles. The minimum atomic E-state index is 0.497. The average Bonchev–Trinajstić information content (AvgIpc) is 2.41. The number of anilines is 1. The fourth-order valence-corrected chi connectivity index (χ4v) is 2.51. The number of rotatable bonds is 1. The van der Waals surface area contributed by atoms with Crippen molar-refractivity contribution in [2.24, 2.45) is 7.05 Å². The third kappa shape index (κ3) is 1.94. The van der Waals surface area contributed by atoms with E-state index in [4.69, 9.17) is 5.73 Å². The van der Waals surface area contributed by atoms with Gasteiger partial charge in [-0.05, 0) is 28.1 Å². The largest absolute Gasteiger partial charge is 0.369 e. The number of nitrogens with zero attached hydrogens (tertiary/aromatic N) is 2. The van der Waals surface area contributed by atoms with Crippen LogP contribution in [-0.4, -0.2) is 9.55 Å². The lowest BCUT2D eigenvalue weighted by Gasteiger charge is -2.04. The summed E-state index contributed by atoms with van der Waals surface area (Å²) in [5, 5.41) is 0. The van der Waals surface area contributed by atoms with Gasteiger partial charge in [-0.2, -0.15) is 0 Å². The van der Waals surface area contributed by atoms with E-state index in [9.17, 15) is 0 Å². The number of halogens is 2. The van der Waals surface area contributed by atoms with Crippen molar-refractivity contribution >= 4 is 37.8 Å². The summed E-state index contributed by atoms with van der Waals surface area (Å²) in [6.45, 7) is 0. The lowest BCUT2D eigenvalue weighted by Crippen LogP contribution is -1.98. The van der Waals surface area contributed by atoms with Crippen LogP contribution in [0.3, 0.4) is 0 Å². The Morgan fingerprint density at radius 3 is 2.60 bits per heavy atom. The molecule has 0 radical (unpaired) electrons. The highest BCUT2D eigenvalue weighted by Gasteiger charge is 2.12. The van der Waals surface area contributed by atoms with Gasteiger partial charge in [0.2, 0.25) is 5.95 Å². The van der Waals surface area contributed by atoms with E-state index >= 15 is 0 Å². The SMILES string of the molecule is Cn1c(N)nc(Br)c1-c1cccc(Br)c1. The van der Waals surface area contributed by atoms with Gasteiger partial charge in [-0.25, -0.2) is 4.98 Å². The third-order valence-electron chi connectivity index (χ3n) is 2.19. The van der Waals surface area contributed by atoms with E-state index in [1.165, 1.54) is 0 Å². The van der Waals surface area contributed by atoms with Crippen LogP contribution >= 0.6 is 31.9 Å². The maximum absolute atomic E-state index is 5.73. The quantitative estimate of drug-likeness (QED) is 0.872. The average molecular weight is 331 g/mol. The molecule has 0 spiro atoms. The Morgan fingerprint density at radius 1 is 1.33 bits per heavy atom. The van der Waals surface area contributed by atoms with Crippen LogP contribution < -0.4 is 5.73 Å². The van der Waals surface area contributed by atoms with Crippen molar-refractivity contribution in [1.29, 1.82) is 0 Å². The molecule has 0 aliphatic carbocycles. The summed E-state index contributed by atoms with van der Waals surface area (Å²) < 4.78 is 3.65. The highest BCUT2D eigenvalue weighted by Crippen LogP contribution is 2.30. The highest BCUT2D eigenvalue weighted by molar-refractivity contribution is 9.10. The van der Waals surface area contributed by atoms with Crippen LogP contribution in [0.2, 0.25) is 0 Å². The molecule has 15 heavy (non-hydrogen) atoms. The zero-order valence-corrected chi connectivity index (χ0v) is 11.2. The second-order valence-corrected chi connectivity index (χ2v) is 4.85. The van der Waals surface area contributed by atoms with E-state index in [1.54, 1.807) is 0 Å². The highest BCUT2D eigenvalue weighted by atomic mass is 79.9. The number of imidazole rings is 1. The van der Waals surface area contributed by atoms with Crippen molar-refractivity contribution in [3.05, 3.63) is 33.3 Å². The second kappa shape index (κ2) is 3.98. The zero-order chi connectivity index (χ0) is 11.0. The number of hydrogen-bond donors (Lipinski definition) is 1. The van der Waals surface area contributed by atoms with Gasteiger partial charge in [0.25, 0.3) is 0 Å². The van der Waals surface area contributed by atoms with E-state index in [0.29, 0.717) is 5.95 Å². The van der Waals surface area contributed by atoms with Crippen LogP contribution in [0, 0.1) is 0 Å². The van der Waals surface area contributed by atoms with Crippen molar-refractivity contribution in [2.45, 2.75) is 0 Å². The van der Waals surface area contributed by atoms with Crippen LogP contribution in [0.25, 0.3) is 11.3 Å². The zero-order valence-electron chi connectivity index (χ0n) is 8.04. The van der Waals surface area contributed by atoms with Crippen molar-refractivity contribution in [1.82, 2.24) is 9.55 Å². The molecule has 0 aliphatic rings. The maximum atomic E-state index is 5.73. The third-order valence-corrected chi connectivity index (χ3v) is 3.23. The Bertz CT molecular complexity index is 505. The molecule has 0 unspecified atom stereocenters. The first-order valence-electron chi connectivity index (χ1n) is 4.33. The topological polar surface area (TPSA) is 43.8 Å². The fourth-order valence-electron chi connectivity index (χ4n) is 1.43. The first kappa shape index (κ1) is 10.7. The number of nitrogen functional groups attached to an aromatic ring is 1. The molecule has 1 aromatic carbocycles. The normalized spacial score (nSPS) is 10.6. The van der Waals surface area contributed by atoms with Crippen LogP contribution in [-0.2, 0) is 7.05 Å². The summed E-state index contributed by atoms with van der Waals surface area (Å²) in [5.74, 6) is 0.497.